The van der Waals surface area contributed by atoms with Crippen LogP contribution in [0.3, 0.4) is 0 Å². The molecule has 0 heterocycles. The van der Waals surface area contributed by atoms with Crippen molar-refractivity contribution in [2.45, 2.75) is 6.54 Å². The van der Waals surface area contributed by atoms with E-state index in [0.717, 1.165) is 15.8 Å². The smallest absolute Gasteiger partial charge is 0.142 e. The van der Waals surface area contributed by atoms with Gasteiger partial charge < -0.3 is 14.8 Å². The summed E-state index contributed by atoms with van der Waals surface area (Å²) in [5.74, 6) is 1.52. The number of hydrogen-bond donors (Lipinski definition) is 1. The summed E-state index contributed by atoms with van der Waals surface area (Å²) in [5.41, 5.74) is 1.03. The van der Waals surface area contributed by atoms with Gasteiger partial charge in [-0.1, -0.05) is 45.7 Å². The van der Waals surface area contributed by atoms with Crippen molar-refractivity contribution in [2.75, 3.05) is 20.3 Å². The van der Waals surface area contributed by atoms with Gasteiger partial charge in [0.1, 0.15) is 24.7 Å². The van der Waals surface area contributed by atoms with Gasteiger partial charge in [-0.15, -0.1) is 0 Å². The first kappa shape index (κ1) is 16.1. The zero-order chi connectivity index (χ0) is 15.1. The minimum Gasteiger partial charge on any atom is -0.490 e. The second kappa shape index (κ2) is 8.27. The van der Waals surface area contributed by atoms with E-state index in [1.54, 1.807) is 0 Å². The summed E-state index contributed by atoms with van der Waals surface area (Å²) < 4.78 is 12.4. The SMILES string of the molecule is CNCc1cccc(Cl)c1OCCOc1cccc(Br)c1. The average molecular weight is 371 g/mol. The van der Waals surface area contributed by atoms with Crippen molar-refractivity contribution < 1.29 is 9.47 Å². The van der Waals surface area contributed by atoms with E-state index in [-0.39, 0.29) is 0 Å². The van der Waals surface area contributed by atoms with Crippen LogP contribution in [-0.2, 0) is 6.54 Å². The van der Waals surface area contributed by atoms with Gasteiger partial charge in [-0.05, 0) is 31.3 Å². The lowest BCUT2D eigenvalue weighted by molar-refractivity contribution is 0.216. The Kier molecular flexibility index (Phi) is 6.36. The molecule has 0 spiro atoms. The van der Waals surface area contributed by atoms with Crippen LogP contribution in [0.15, 0.2) is 46.9 Å². The Morgan fingerprint density at radius 1 is 1.10 bits per heavy atom. The second-order valence-electron chi connectivity index (χ2n) is 4.41. The average Bonchev–Trinajstić information content (AvgIpc) is 2.46. The molecule has 0 bridgehead atoms. The molecule has 0 aromatic heterocycles. The van der Waals surface area contributed by atoms with E-state index >= 15 is 0 Å². The van der Waals surface area contributed by atoms with Crippen LogP contribution in [0.5, 0.6) is 11.5 Å². The Labute approximate surface area is 138 Å². The molecule has 1 N–H and O–H groups in total. The number of hydrogen-bond acceptors (Lipinski definition) is 3. The van der Waals surface area contributed by atoms with Crippen LogP contribution >= 0.6 is 27.5 Å². The van der Waals surface area contributed by atoms with Crippen molar-refractivity contribution in [3.8, 4) is 11.5 Å². The molecular formula is C16H17BrClNO2. The molecule has 2 aromatic rings. The number of rotatable bonds is 7. The van der Waals surface area contributed by atoms with Gasteiger partial charge in [-0.2, -0.15) is 0 Å². The molecule has 0 atom stereocenters. The van der Waals surface area contributed by atoms with Crippen LogP contribution in [0.2, 0.25) is 5.02 Å². The number of nitrogens with one attached hydrogen (secondary N) is 1. The lowest BCUT2D eigenvalue weighted by Gasteiger charge is -2.13. The molecule has 0 amide bonds. The zero-order valence-corrected chi connectivity index (χ0v) is 14.1. The van der Waals surface area contributed by atoms with E-state index in [0.29, 0.717) is 30.5 Å². The molecule has 3 nitrogen and oxygen atoms in total. The Morgan fingerprint density at radius 2 is 1.86 bits per heavy atom. The molecule has 0 saturated carbocycles. The van der Waals surface area contributed by atoms with E-state index < -0.39 is 0 Å². The fourth-order valence-electron chi connectivity index (χ4n) is 1.90. The number of para-hydroxylation sites is 1. The quantitative estimate of drug-likeness (QED) is 0.738. The lowest BCUT2D eigenvalue weighted by atomic mass is 10.2. The largest absolute Gasteiger partial charge is 0.490 e. The van der Waals surface area contributed by atoms with Crippen LogP contribution < -0.4 is 14.8 Å². The molecule has 112 valence electrons. The molecule has 0 fully saturated rings. The Morgan fingerprint density at radius 3 is 2.62 bits per heavy atom. The van der Waals surface area contributed by atoms with Gasteiger partial charge in [0.05, 0.1) is 5.02 Å². The van der Waals surface area contributed by atoms with Crippen molar-refractivity contribution in [3.05, 3.63) is 57.5 Å². The molecular weight excluding hydrogens is 354 g/mol. The van der Waals surface area contributed by atoms with Gasteiger partial charge >= 0.3 is 0 Å². The highest BCUT2D eigenvalue weighted by atomic mass is 79.9. The Hall–Kier alpha value is -1.23. The van der Waals surface area contributed by atoms with Gasteiger partial charge in [0.25, 0.3) is 0 Å². The Bertz CT molecular complexity index is 592. The molecule has 0 aliphatic carbocycles. The molecule has 2 rings (SSSR count). The summed E-state index contributed by atoms with van der Waals surface area (Å²) in [6.07, 6.45) is 0. The van der Waals surface area contributed by atoms with E-state index in [4.69, 9.17) is 21.1 Å². The molecule has 0 aliphatic rings. The highest BCUT2D eigenvalue weighted by Crippen LogP contribution is 2.28. The highest BCUT2D eigenvalue weighted by Gasteiger charge is 2.07. The van der Waals surface area contributed by atoms with E-state index in [1.807, 2.05) is 49.5 Å². The third-order valence-electron chi connectivity index (χ3n) is 2.81. The summed E-state index contributed by atoms with van der Waals surface area (Å²) in [5, 5.41) is 3.71. The maximum absolute atomic E-state index is 6.18. The van der Waals surface area contributed by atoms with Crippen LogP contribution in [-0.4, -0.2) is 20.3 Å². The predicted octanol–water partition coefficient (Wildman–Crippen LogP) is 4.28. The third-order valence-corrected chi connectivity index (χ3v) is 3.60. The van der Waals surface area contributed by atoms with E-state index in [1.165, 1.54) is 0 Å². The van der Waals surface area contributed by atoms with Gasteiger partial charge in [-0.25, -0.2) is 0 Å². The lowest BCUT2D eigenvalue weighted by Crippen LogP contribution is -2.12. The van der Waals surface area contributed by atoms with Crippen molar-refractivity contribution in [3.63, 3.8) is 0 Å². The highest BCUT2D eigenvalue weighted by molar-refractivity contribution is 9.10. The third kappa shape index (κ3) is 4.92. The minimum absolute atomic E-state index is 0.437. The molecule has 0 unspecified atom stereocenters. The second-order valence-corrected chi connectivity index (χ2v) is 5.74. The first-order chi connectivity index (χ1) is 10.2. The molecule has 2 aromatic carbocycles. The maximum Gasteiger partial charge on any atom is 0.142 e. The van der Waals surface area contributed by atoms with Crippen molar-refractivity contribution in [2.24, 2.45) is 0 Å². The van der Waals surface area contributed by atoms with Crippen LogP contribution in [0, 0.1) is 0 Å². The van der Waals surface area contributed by atoms with Crippen molar-refractivity contribution >= 4 is 27.5 Å². The number of ether oxygens (including phenoxy) is 2. The topological polar surface area (TPSA) is 30.5 Å². The minimum atomic E-state index is 0.437. The fourth-order valence-corrected chi connectivity index (χ4v) is 2.53. The van der Waals surface area contributed by atoms with Crippen LogP contribution in [0.1, 0.15) is 5.56 Å². The van der Waals surface area contributed by atoms with E-state index in [9.17, 15) is 0 Å². The van der Waals surface area contributed by atoms with Gasteiger partial charge in [0.15, 0.2) is 0 Å². The summed E-state index contributed by atoms with van der Waals surface area (Å²) in [7, 11) is 1.89. The van der Waals surface area contributed by atoms with Gasteiger partial charge in [0.2, 0.25) is 0 Å². The van der Waals surface area contributed by atoms with Gasteiger partial charge in [0, 0.05) is 16.6 Å². The summed E-state index contributed by atoms with van der Waals surface area (Å²) in [6.45, 7) is 1.61. The molecule has 5 heteroatoms. The predicted molar refractivity (Wildman–Crippen MR) is 89.3 cm³/mol. The number of halogens is 2. The molecule has 0 aliphatic heterocycles. The monoisotopic (exact) mass is 369 g/mol. The summed E-state index contributed by atoms with van der Waals surface area (Å²) >= 11 is 9.59. The van der Waals surface area contributed by atoms with Crippen LogP contribution in [0.25, 0.3) is 0 Å². The summed E-state index contributed by atoms with van der Waals surface area (Å²) in [6, 6.07) is 13.4. The first-order valence-electron chi connectivity index (χ1n) is 6.64. The zero-order valence-electron chi connectivity index (χ0n) is 11.7. The maximum atomic E-state index is 6.18. The summed E-state index contributed by atoms with van der Waals surface area (Å²) in [4.78, 5) is 0. The fraction of sp³-hybridized carbons (Fsp3) is 0.250. The first-order valence-corrected chi connectivity index (χ1v) is 7.81. The van der Waals surface area contributed by atoms with Crippen LogP contribution in [0.4, 0.5) is 0 Å². The van der Waals surface area contributed by atoms with Gasteiger partial charge in [-0.3, -0.25) is 0 Å². The Balaban J connectivity index is 1.89. The molecule has 0 saturated heterocycles. The normalized spacial score (nSPS) is 10.4. The number of benzene rings is 2. The molecule has 0 radical (unpaired) electrons. The molecule has 21 heavy (non-hydrogen) atoms. The van der Waals surface area contributed by atoms with E-state index in [2.05, 4.69) is 21.2 Å². The van der Waals surface area contributed by atoms with Crippen molar-refractivity contribution in [1.82, 2.24) is 5.32 Å². The standard InChI is InChI=1S/C16H17BrClNO2/c1-19-11-12-4-2-7-15(18)16(12)21-9-8-20-14-6-3-5-13(17)10-14/h2-7,10,19H,8-9,11H2,1H3. The van der Waals surface area contributed by atoms with Crippen molar-refractivity contribution in [1.29, 1.82) is 0 Å².